The summed E-state index contributed by atoms with van der Waals surface area (Å²) in [6.45, 7) is 4.11. The third-order valence-corrected chi connectivity index (χ3v) is 7.01. The summed E-state index contributed by atoms with van der Waals surface area (Å²) in [5.74, 6) is -0.0615. The van der Waals surface area contributed by atoms with Crippen LogP contribution in [0.25, 0.3) is 0 Å². The van der Waals surface area contributed by atoms with E-state index in [0.717, 1.165) is 50.5 Å². The van der Waals surface area contributed by atoms with Gasteiger partial charge in [-0.25, -0.2) is 0 Å². The summed E-state index contributed by atoms with van der Waals surface area (Å²) in [6.07, 6.45) is 4.20. The van der Waals surface area contributed by atoms with E-state index in [9.17, 15) is 19.5 Å². The molecule has 1 aromatic carbocycles. The first-order valence-corrected chi connectivity index (χ1v) is 11.3. The van der Waals surface area contributed by atoms with E-state index in [0.29, 0.717) is 23.7 Å². The van der Waals surface area contributed by atoms with Gasteiger partial charge in [0, 0.05) is 50.3 Å². The number of anilines is 1. The second-order valence-electron chi connectivity index (χ2n) is 9.06. The lowest BCUT2D eigenvalue weighted by atomic mass is 9.79. The Balaban J connectivity index is 1.43. The van der Waals surface area contributed by atoms with Crippen LogP contribution in [0.15, 0.2) is 18.2 Å². The molecule has 1 atom stereocenters. The molecule has 8 nitrogen and oxygen atoms in total. The van der Waals surface area contributed by atoms with Crippen molar-refractivity contribution in [3.63, 3.8) is 0 Å². The molecule has 3 heterocycles. The average Bonchev–Trinajstić information content (AvgIpc) is 2.89. The van der Waals surface area contributed by atoms with Crippen LogP contribution >= 0.6 is 0 Å². The minimum Gasteiger partial charge on any atom is -0.550 e. The molecule has 0 spiro atoms. The van der Waals surface area contributed by atoms with E-state index in [1.165, 1.54) is 17.7 Å². The van der Waals surface area contributed by atoms with Gasteiger partial charge in [-0.1, -0.05) is 0 Å². The van der Waals surface area contributed by atoms with Gasteiger partial charge in [-0.05, 0) is 74.4 Å². The first-order chi connectivity index (χ1) is 14.9. The number of hydrogen-bond acceptors (Lipinski definition) is 6. The lowest BCUT2D eigenvalue weighted by molar-refractivity contribution is -0.305. The molecule has 0 bridgehead atoms. The van der Waals surface area contributed by atoms with Gasteiger partial charge in [-0.15, -0.1) is 0 Å². The van der Waals surface area contributed by atoms with Crippen LogP contribution in [0.5, 0.6) is 0 Å². The molecule has 3 aliphatic heterocycles. The number of nitrogens with one attached hydrogen (secondary N) is 2. The second kappa shape index (κ2) is 9.26. The molecule has 3 aliphatic rings. The van der Waals surface area contributed by atoms with Gasteiger partial charge >= 0.3 is 0 Å². The molecule has 8 heteroatoms. The highest BCUT2D eigenvalue weighted by Gasteiger charge is 2.31. The maximum Gasteiger partial charge on any atom is 0.253 e. The monoisotopic (exact) mass is 427 g/mol. The summed E-state index contributed by atoms with van der Waals surface area (Å²) < 4.78 is 0. The number of carboxylic acid groups (broad SMARTS) is 1. The van der Waals surface area contributed by atoms with Crippen molar-refractivity contribution in [1.29, 1.82) is 0 Å². The van der Waals surface area contributed by atoms with Crippen molar-refractivity contribution < 1.29 is 19.5 Å². The van der Waals surface area contributed by atoms with Crippen LogP contribution in [0.2, 0.25) is 0 Å². The molecular weight excluding hydrogens is 396 g/mol. The van der Waals surface area contributed by atoms with Gasteiger partial charge in [0.1, 0.15) is 6.04 Å². The number of likely N-dealkylation sites (tertiary alicyclic amines) is 1. The van der Waals surface area contributed by atoms with Gasteiger partial charge in [0.2, 0.25) is 5.91 Å². The number of hydrogen-bond donors (Lipinski definition) is 2. The standard InChI is InChI=1S/C23H32N4O4/c1-26-14-18-12-17(2-3-19(18)25-20(23(26)31)13-21(28)29)22(30)27-10-6-16(7-11-27)15-4-8-24-9-5-15/h2-3,12,15-16,20,24-25H,4-11,13-14H2,1H3,(H,28,29)/p-1. The number of benzene rings is 1. The van der Waals surface area contributed by atoms with Crippen LogP contribution in [0.3, 0.4) is 0 Å². The Labute approximate surface area is 183 Å². The third kappa shape index (κ3) is 4.84. The van der Waals surface area contributed by atoms with Crippen molar-refractivity contribution in [1.82, 2.24) is 15.1 Å². The maximum absolute atomic E-state index is 13.1. The van der Waals surface area contributed by atoms with Crippen molar-refractivity contribution in [2.45, 2.75) is 44.7 Å². The lowest BCUT2D eigenvalue weighted by Gasteiger charge is -2.38. The Bertz CT molecular complexity index is 844. The quantitative estimate of drug-likeness (QED) is 0.722. The first-order valence-electron chi connectivity index (χ1n) is 11.3. The zero-order chi connectivity index (χ0) is 22.0. The fourth-order valence-corrected chi connectivity index (χ4v) is 5.22. The number of fused-ring (bicyclic) bond motifs is 1. The van der Waals surface area contributed by atoms with E-state index in [1.807, 2.05) is 11.0 Å². The van der Waals surface area contributed by atoms with E-state index in [2.05, 4.69) is 10.6 Å². The zero-order valence-electron chi connectivity index (χ0n) is 18.1. The molecule has 2 N–H and O–H groups in total. The van der Waals surface area contributed by atoms with E-state index in [-0.39, 0.29) is 11.8 Å². The molecule has 2 saturated heterocycles. The molecule has 2 amide bonds. The number of likely N-dealkylation sites (N-methyl/N-ethyl adjacent to an activating group) is 1. The average molecular weight is 428 g/mol. The Kier molecular flexibility index (Phi) is 6.46. The summed E-state index contributed by atoms with van der Waals surface area (Å²) in [7, 11) is 1.64. The van der Waals surface area contributed by atoms with Crippen LogP contribution < -0.4 is 15.7 Å². The minimum absolute atomic E-state index is 0.0241. The van der Waals surface area contributed by atoms with Crippen molar-refractivity contribution in [3.05, 3.63) is 29.3 Å². The third-order valence-electron chi connectivity index (χ3n) is 7.01. The summed E-state index contributed by atoms with van der Waals surface area (Å²) >= 11 is 0. The summed E-state index contributed by atoms with van der Waals surface area (Å²) in [4.78, 5) is 40.1. The summed E-state index contributed by atoms with van der Waals surface area (Å²) in [5.41, 5.74) is 2.11. The Morgan fingerprint density at radius 2 is 1.77 bits per heavy atom. The number of aliphatic carboxylic acids is 1. The molecular formula is C23H31N4O4-. The highest BCUT2D eigenvalue weighted by atomic mass is 16.4. The zero-order valence-corrected chi connectivity index (χ0v) is 18.1. The van der Waals surface area contributed by atoms with Gasteiger partial charge < -0.3 is 30.3 Å². The fraction of sp³-hybridized carbons (Fsp3) is 0.609. The highest BCUT2D eigenvalue weighted by molar-refractivity contribution is 5.96. The smallest absolute Gasteiger partial charge is 0.253 e. The van der Waals surface area contributed by atoms with Crippen molar-refractivity contribution in [2.75, 3.05) is 38.5 Å². The molecule has 0 aliphatic carbocycles. The predicted octanol–water partition coefficient (Wildman–Crippen LogP) is 0.431. The van der Waals surface area contributed by atoms with Crippen molar-refractivity contribution >= 4 is 23.5 Å². The van der Waals surface area contributed by atoms with Gasteiger partial charge in [0.15, 0.2) is 0 Å². The lowest BCUT2D eigenvalue weighted by Crippen LogP contribution is -2.42. The molecule has 4 rings (SSSR count). The Hall–Kier alpha value is -2.61. The molecule has 168 valence electrons. The normalized spacial score (nSPS) is 23.1. The summed E-state index contributed by atoms with van der Waals surface area (Å²) in [6, 6.07) is 4.50. The Morgan fingerprint density at radius 3 is 2.45 bits per heavy atom. The van der Waals surface area contributed by atoms with E-state index in [1.54, 1.807) is 19.2 Å². The van der Waals surface area contributed by atoms with Crippen molar-refractivity contribution in [2.24, 2.45) is 11.8 Å². The molecule has 0 aromatic heterocycles. The molecule has 0 radical (unpaired) electrons. The van der Waals surface area contributed by atoms with Gasteiger partial charge in [0.05, 0.1) is 0 Å². The van der Waals surface area contributed by atoms with Crippen LogP contribution in [0.1, 0.15) is 48.0 Å². The van der Waals surface area contributed by atoms with E-state index < -0.39 is 18.4 Å². The molecule has 2 fully saturated rings. The van der Waals surface area contributed by atoms with Crippen LogP contribution in [0.4, 0.5) is 5.69 Å². The first kappa shape index (κ1) is 21.6. The SMILES string of the molecule is CN1Cc2cc(C(=O)N3CCC(C4CCNCC4)CC3)ccc2NC(CC(=O)[O-])C1=O. The van der Waals surface area contributed by atoms with Gasteiger partial charge in [-0.2, -0.15) is 0 Å². The van der Waals surface area contributed by atoms with Crippen LogP contribution in [-0.4, -0.2) is 66.9 Å². The number of carboxylic acids is 1. The van der Waals surface area contributed by atoms with Crippen LogP contribution in [-0.2, 0) is 16.1 Å². The molecule has 1 unspecified atom stereocenters. The number of nitrogens with zero attached hydrogens (tertiary/aromatic N) is 2. The number of carbonyl (C=O) groups excluding carboxylic acids is 3. The topological polar surface area (TPSA) is 105 Å². The van der Waals surface area contributed by atoms with E-state index in [4.69, 9.17) is 0 Å². The van der Waals surface area contributed by atoms with Crippen LogP contribution in [0, 0.1) is 11.8 Å². The Morgan fingerprint density at radius 1 is 1.10 bits per heavy atom. The van der Waals surface area contributed by atoms with Crippen molar-refractivity contribution in [3.8, 4) is 0 Å². The van der Waals surface area contributed by atoms with Gasteiger partial charge in [-0.3, -0.25) is 9.59 Å². The minimum atomic E-state index is -1.28. The highest BCUT2D eigenvalue weighted by Crippen LogP contribution is 2.32. The predicted molar refractivity (Wildman–Crippen MR) is 114 cm³/mol. The second-order valence-corrected chi connectivity index (χ2v) is 9.06. The maximum atomic E-state index is 13.1. The summed E-state index contributed by atoms with van der Waals surface area (Å²) in [5, 5.41) is 17.5. The fourth-order valence-electron chi connectivity index (χ4n) is 5.22. The largest absolute Gasteiger partial charge is 0.550 e. The number of rotatable bonds is 4. The number of piperidine rings is 2. The number of amides is 2. The van der Waals surface area contributed by atoms with E-state index >= 15 is 0 Å². The van der Waals surface area contributed by atoms with Gasteiger partial charge in [0.25, 0.3) is 5.91 Å². The molecule has 0 saturated carbocycles. The molecule has 1 aromatic rings. The molecule has 31 heavy (non-hydrogen) atoms. The number of carbonyl (C=O) groups is 3.